The number of fused-ring (bicyclic) bond motifs is 4. The highest BCUT2D eigenvalue weighted by Crippen LogP contribution is 2.51. The van der Waals surface area contributed by atoms with Gasteiger partial charge >= 0.3 is 0 Å². The van der Waals surface area contributed by atoms with Crippen LogP contribution >= 0.6 is 7.14 Å². The molecule has 28 heavy (non-hydrogen) atoms. The first-order chi connectivity index (χ1) is 13.7. The highest BCUT2D eigenvalue weighted by molar-refractivity contribution is 7.70. The quantitative estimate of drug-likeness (QED) is 0.448. The van der Waals surface area contributed by atoms with Gasteiger partial charge in [0.2, 0.25) is 0 Å². The molecule has 0 saturated carbocycles. The SMILES string of the molecule is O=P1(c2ccccc2)Cc2cccc(c2)OC#CC#COc2cccc(c2)C1. The summed E-state index contributed by atoms with van der Waals surface area (Å²) in [7, 11) is -2.76. The molecule has 0 radical (unpaired) electrons. The number of ether oxygens (including phenoxy) is 2. The van der Waals surface area contributed by atoms with Crippen molar-refractivity contribution in [1.29, 1.82) is 0 Å². The number of rotatable bonds is 1. The van der Waals surface area contributed by atoms with E-state index in [1.807, 2.05) is 78.9 Å². The third kappa shape index (κ3) is 4.29. The molecule has 4 rings (SSSR count). The summed E-state index contributed by atoms with van der Waals surface area (Å²) >= 11 is 0. The van der Waals surface area contributed by atoms with Crippen molar-refractivity contribution in [3.63, 3.8) is 0 Å². The molecule has 0 aliphatic carbocycles. The highest BCUT2D eigenvalue weighted by Gasteiger charge is 2.26. The predicted octanol–water partition coefficient (Wildman–Crippen LogP) is 4.77. The monoisotopic (exact) mass is 384 g/mol. The molecular weight excluding hydrogens is 367 g/mol. The Morgan fingerprint density at radius 1 is 0.679 bits per heavy atom. The fraction of sp³-hybridized carbons (Fsp3) is 0.0833. The first-order valence-corrected chi connectivity index (χ1v) is 10.9. The molecule has 0 atom stereocenters. The van der Waals surface area contributed by atoms with Gasteiger partial charge in [-0.25, -0.2) is 0 Å². The van der Waals surface area contributed by atoms with E-state index in [4.69, 9.17) is 9.47 Å². The van der Waals surface area contributed by atoms with Crippen molar-refractivity contribution in [2.45, 2.75) is 12.3 Å². The van der Waals surface area contributed by atoms with Crippen LogP contribution in [0, 0.1) is 24.1 Å². The summed E-state index contributed by atoms with van der Waals surface area (Å²) in [5, 5.41) is 0.858. The third-order valence-corrected chi connectivity index (χ3v) is 7.39. The molecule has 0 saturated heterocycles. The molecule has 0 N–H and O–H groups in total. The Balaban J connectivity index is 1.82. The molecule has 0 unspecified atom stereocenters. The van der Waals surface area contributed by atoms with Crippen LogP contribution in [0.4, 0.5) is 0 Å². The van der Waals surface area contributed by atoms with E-state index in [-0.39, 0.29) is 0 Å². The molecule has 3 aromatic rings. The Hall–Kier alpha value is -3.39. The van der Waals surface area contributed by atoms with Gasteiger partial charge in [0.15, 0.2) is 0 Å². The predicted molar refractivity (Wildman–Crippen MR) is 111 cm³/mol. The lowest BCUT2D eigenvalue weighted by atomic mass is 10.2. The summed E-state index contributed by atoms with van der Waals surface area (Å²) in [5.41, 5.74) is 1.89. The minimum atomic E-state index is -2.76. The lowest BCUT2D eigenvalue weighted by Gasteiger charge is -2.20. The minimum absolute atomic E-state index is 0.434. The second-order valence-electron chi connectivity index (χ2n) is 6.49. The third-order valence-electron chi connectivity index (χ3n) is 4.40. The standard InChI is InChI=1S/C24H17O3P/c25-28(24-12-2-1-3-13-24)18-20-8-6-10-22(16-20)26-14-4-5-15-27-23-11-7-9-21(17-23)19-28/h1-3,6-13,16-17H,18-19H2. The van der Waals surface area contributed by atoms with E-state index in [1.165, 1.54) is 0 Å². The second kappa shape index (κ2) is 8.10. The van der Waals surface area contributed by atoms with Gasteiger partial charge in [-0.1, -0.05) is 54.6 Å². The van der Waals surface area contributed by atoms with Crippen LogP contribution in [0.2, 0.25) is 0 Å². The lowest BCUT2D eigenvalue weighted by Crippen LogP contribution is -2.09. The molecule has 1 aliphatic heterocycles. The number of hydrogen-bond acceptors (Lipinski definition) is 3. The first kappa shape index (κ1) is 18.0. The van der Waals surface area contributed by atoms with E-state index in [2.05, 4.69) is 24.1 Å². The summed E-state index contributed by atoms with van der Waals surface area (Å²) in [6, 6.07) is 24.7. The van der Waals surface area contributed by atoms with Crippen LogP contribution in [0.5, 0.6) is 11.5 Å². The molecule has 136 valence electrons. The van der Waals surface area contributed by atoms with Crippen molar-refractivity contribution < 1.29 is 14.0 Å². The van der Waals surface area contributed by atoms with Crippen LogP contribution in [-0.4, -0.2) is 0 Å². The molecule has 3 aromatic carbocycles. The van der Waals surface area contributed by atoms with Crippen LogP contribution in [0.3, 0.4) is 0 Å². The van der Waals surface area contributed by atoms with Crippen LogP contribution < -0.4 is 14.8 Å². The van der Waals surface area contributed by atoms with E-state index < -0.39 is 7.14 Å². The van der Waals surface area contributed by atoms with Crippen LogP contribution in [0.25, 0.3) is 0 Å². The van der Waals surface area contributed by atoms with Crippen molar-refractivity contribution >= 4 is 12.4 Å². The van der Waals surface area contributed by atoms with E-state index in [0.29, 0.717) is 23.8 Å². The van der Waals surface area contributed by atoms with Crippen molar-refractivity contribution in [2.75, 3.05) is 0 Å². The molecule has 0 fully saturated rings. The number of benzene rings is 3. The maximum Gasteiger partial charge on any atom is 0.140 e. The van der Waals surface area contributed by atoms with Gasteiger partial charge in [0.1, 0.15) is 30.9 Å². The molecule has 0 spiro atoms. The summed E-state index contributed by atoms with van der Waals surface area (Å²) in [5.74, 6) is 6.40. The van der Waals surface area contributed by atoms with Gasteiger partial charge in [-0.15, -0.1) is 0 Å². The molecule has 1 aliphatic rings. The summed E-state index contributed by atoms with van der Waals surface area (Å²) in [4.78, 5) is 0. The topological polar surface area (TPSA) is 35.5 Å². The van der Waals surface area contributed by atoms with Gasteiger partial charge in [-0.2, -0.15) is 0 Å². The van der Waals surface area contributed by atoms with Crippen LogP contribution in [-0.2, 0) is 16.9 Å². The van der Waals surface area contributed by atoms with E-state index in [1.54, 1.807) is 0 Å². The Kier molecular flexibility index (Phi) is 5.20. The van der Waals surface area contributed by atoms with E-state index >= 15 is 0 Å². The first-order valence-electron chi connectivity index (χ1n) is 8.87. The number of hydrogen-bond donors (Lipinski definition) is 0. The van der Waals surface area contributed by atoms with Crippen molar-refractivity contribution in [2.24, 2.45) is 0 Å². The summed E-state index contributed by atoms with van der Waals surface area (Å²) in [6.07, 6.45) is 5.97. The molecule has 0 aromatic heterocycles. The highest BCUT2D eigenvalue weighted by atomic mass is 31.2. The largest absolute Gasteiger partial charge is 0.407 e. The molecule has 0 amide bonds. The van der Waals surface area contributed by atoms with Gasteiger partial charge in [0, 0.05) is 29.5 Å². The Morgan fingerprint density at radius 2 is 1.21 bits per heavy atom. The zero-order chi connectivity index (χ0) is 19.2. The maximum absolute atomic E-state index is 14.2. The van der Waals surface area contributed by atoms with Gasteiger partial charge in [0.05, 0.1) is 0 Å². The van der Waals surface area contributed by atoms with Crippen molar-refractivity contribution in [3.8, 4) is 35.6 Å². The molecule has 4 heteroatoms. The Labute approximate surface area is 164 Å². The maximum atomic E-state index is 14.2. The second-order valence-corrected chi connectivity index (χ2v) is 9.42. The molecule has 4 bridgehead atoms. The fourth-order valence-corrected chi connectivity index (χ4v) is 5.93. The lowest BCUT2D eigenvalue weighted by molar-refractivity contribution is 0.517. The zero-order valence-corrected chi connectivity index (χ0v) is 16.0. The van der Waals surface area contributed by atoms with Gasteiger partial charge in [-0.05, 0) is 35.4 Å². The van der Waals surface area contributed by atoms with Crippen LogP contribution in [0.1, 0.15) is 11.1 Å². The van der Waals surface area contributed by atoms with Crippen LogP contribution in [0.15, 0.2) is 78.9 Å². The summed E-state index contributed by atoms with van der Waals surface area (Å²) in [6.45, 7) is 0. The minimum Gasteiger partial charge on any atom is -0.407 e. The summed E-state index contributed by atoms with van der Waals surface area (Å²) < 4.78 is 25.0. The normalized spacial score (nSPS) is 14.4. The average molecular weight is 384 g/mol. The Bertz CT molecular complexity index is 1090. The fourth-order valence-electron chi connectivity index (χ4n) is 3.16. The smallest absolute Gasteiger partial charge is 0.140 e. The van der Waals surface area contributed by atoms with E-state index in [0.717, 1.165) is 16.4 Å². The molecule has 3 nitrogen and oxygen atoms in total. The van der Waals surface area contributed by atoms with Crippen molar-refractivity contribution in [3.05, 3.63) is 90.0 Å². The van der Waals surface area contributed by atoms with Crippen molar-refractivity contribution in [1.82, 2.24) is 0 Å². The average Bonchev–Trinajstić information content (AvgIpc) is 2.71. The van der Waals surface area contributed by atoms with E-state index in [9.17, 15) is 4.57 Å². The van der Waals surface area contributed by atoms with Gasteiger partial charge < -0.3 is 14.0 Å². The van der Waals surface area contributed by atoms with Gasteiger partial charge in [0.25, 0.3) is 0 Å². The molecule has 1 heterocycles. The zero-order valence-electron chi connectivity index (χ0n) is 15.1. The van der Waals surface area contributed by atoms with Gasteiger partial charge in [-0.3, -0.25) is 0 Å². The molecular formula is C24H17O3P. The Morgan fingerprint density at radius 3 is 1.75 bits per heavy atom.